The summed E-state index contributed by atoms with van der Waals surface area (Å²) in [6, 6.07) is 7.00. The molecule has 1 aromatic carbocycles. The molecule has 1 saturated heterocycles. The number of methoxy groups -OCH3 is 1. The lowest BCUT2D eigenvalue weighted by atomic mass is 10.1. The topological polar surface area (TPSA) is 88.7 Å². The van der Waals surface area contributed by atoms with Crippen LogP contribution >= 0.6 is 12.4 Å². The lowest BCUT2D eigenvalue weighted by molar-refractivity contribution is -0.131. The van der Waals surface area contributed by atoms with Crippen molar-refractivity contribution in [3.8, 4) is 5.75 Å². The van der Waals surface area contributed by atoms with Crippen LogP contribution in [-0.2, 0) is 20.9 Å². The third kappa shape index (κ3) is 5.99. The molecule has 24 heavy (non-hydrogen) atoms. The lowest BCUT2D eigenvalue weighted by Crippen LogP contribution is -2.56. The number of carbonyl (C=O) groups excluding carboxylic acids is 2. The minimum atomic E-state index is -0.418. The maximum Gasteiger partial charge on any atom is 0.240 e. The van der Waals surface area contributed by atoms with Crippen LogP contribution in [0.1, 0.15) is 12.5 Å². The zero-order valence-corrected chi connectivity index (χ0v) is 14.7. The molecule has 8 heteroatoms. The Morgan fingerprint density at radius 1 is 1.29 bits per heavy atom. The molecule has 0 spiro atoms. The molecule has 0 radical (unpaired) electrons. The van der Waals surface area contributed by atoms with E-state index in [0.717, 1.165) is 11.3 Å². The van der Waals surface area contributed by atoms with Gasteiger partial charge in [-0.05, 0) is 24.6 Å². The number of ether oxygens (including phenoxy) is 2. The normalized spacial score (nSPS) is 19.8. The molecule has 0 saturated carbocycles. The molecule has 134 valence electrons. The highest BCUT2D eigenvalue weighted by atomic mass is 35.5. The lowest BCUT2D eigenvalue weighted by Gasteiger charge is -2.29. The number of nitrogens with one attached hydrogen (secondary N) is 3. The number of halogens is 1. The van der Waals surface area contributed by atoms with Gasteiger partial charge in [0, 0.05) is 13.1 Å². The zero-order valence-electron chi connectivity index (χ0n) is 13.8. The maximum atomic E-state index is 12.0. The predicted octanol–water partition coefficient (Wildman–Crippen LogP) is 0.226. The van der Waals surface area contributed by atoms with Crippen LogP contribution in [0.2, 0.25) is 0 Å². The number of morpholine rings is 1. The van der Waals surface area contributed by atoms with Crippen molar-refractivity contribution in [2.24, 2.45) is 0 Å². The minimum absolute atomic E-state index is 0. The fraction of sp³-hybridized carbons (Fsp3) is 0.500. The number of rotatable bonds is 6. The summed E-state index contributed by atoms with van der Waals surface area (Å²) in [6.45, 7) is 3.40. The third-order valence-electron chi connectivity index (χ3n) is 3.67. The molecule has 1 aromatic rings. The van der Waals surface area contributed by atoms with Crippen molar-refractivity contribution in [3.05, 3.63) is 29.8 Å². The average molecular weight is 358 g/mol. The van der Waals surface area contributed by atoms with Crippen LogP contribution in [0.3, 0.4) is 0 Å². The van der Waals surface area contributed by atoms with E-state index in [1.54, 1.807) is 7.11 Å². The van der Waals surface area contributed by atoms with Gasteiger partial charge in [0.25, 0.3) is 0 Å². The van der Waals surface area contributed by atoms with Crippen LogP contribution in [-0.4, -0.2) is 50.8 Å². The highest BCUT2D eigenvalue weighted by molar-refractivity contribution is 5.87. The van der Waals surface area contributed by atoms with Gasteiger partial charge in [0.15, 0.2) is 0 Å². The summed E-state index contributed by atoms with van der Waals surface area (Å²) in [5, 5.41) is 8.46. The monoisotopic (exact) mass is 357 g/mol. The molecule has 3 N–H and O–H groups in total. The first kappa shape index (κ1) is 20.2. The Kier molecular flexibility index (Phi) is 8.53. The summed E-state index contributed by atoms with van der Waals surface area (Å²) in [6.07, 6.45) is -0.203. The largest absolute Gasteiger partial charge is 0.497 e. The van der Waals surface area contributed by atoms with Crippen LogP contribution in [0.4, 0.5) is 0 Å². The summed E-state index contributed by atoms with van der Waals surface area (Å²) in [7, 11) is 1.60. The van der Waals surface area contributed by atoms with Crippen molar-refractivity contribution in [1.29, 1.82) is 0 Å². The number of hydrogen-bond donors (Lipinski definition) is 3. The van der Waals surface area contributed by atoms with E-state index in [4.69, 9.17) is 9.47 Å². The number of carbonyl (C=O) groups is 2. The highest BCUT2D eigenvalue weighted by Crippen LogP contribution is 2.10. The van der Waals surface area contributed by atoms with Gasteiger partial charge in [-0.3, -0.25) is 9.59 Å². The Bertz CT molecular complexity index is 539. The molecule has 2 amide bonds. The quantitative estimate of drug-likeness (QED) is 0.678. The fourth-order valence-corrected chi connectivity index (χ4v) is 2.31. The van der Waals surface area contributed by atoms with Crippen LogP contribution in [0.5, 0.6) is 5.75 Å². The first-order chi connectivity index (χ1) is 11.1. The molecule has 2 rings (SSSR count). The fourth-order valence-electron chi connectivity index (χ4n) is 2.31. The first-order valence-electron chi connectivity index (χ1n) is 7.62. The van der Waals surface area contributed by atoms with Crippen LogP contribution in [0, 0.1) is 0 Å². The van der Waals surface area contributed by atoms with E-state index in [1.807, 2.05) is 31.2 Å². The number of hydrogen-bond acceptors (Lipinski definition) is 5. The molecule has 1 heterocycles. The summed E-state index contributed by atoms with van der Waals surface area (Å²) >= 11 is 0. The van der Waals surface area contributed by atoms with Gasteiger partial charge in [-0.2, -0.15) is 0 Å². The molecule has 1 fully saturated rings. The molecular weight excluding hydrogens is 334 g/mol. The molecule has 0 bridgehead atoms. The molecular formula is C16H24ClN3O4. The summed E-state index contributed by atoms with van der Waals surface area (Å²) in [5.41, 5.74) is 0.960. The van der Waals surface area contributed by atoms with Gasteiger partial charge >= 0.3 is 0 Å². The Morgan fingerprint density at radius 3 is 2.62 bits per heavy atom. The smallest absolute Gasteiger partial charge is 0.240 e. The van der Waals surface area contributed by atoms with Gasteiger partial charge in [-0.15, -0.1) is 12.4 Å². The van der Waals surface area contributed by atoms with Crippen LogP contribution in [0.15, 0.2) is 24.3 Å². The summed E-state index contributed by atoms with van der Waals surface area (Å²) in [5.74, 6) is 0.305. The molecule has 0 aliphatic carbocycles. The first-order valence-corrected chi connectivity index (χ1v) is 7.62. The number of amides is 2. The average Bonchev–Trinajstić information content (AvgIpc) is 2.58. The second-order valence-corrected chi connectivity index (χ2v) is 5.35. The SMILES string of the molecule is COc1ccc(CNC(=O)CNC(=O)[C@H]2NCCO[C@@H]2C)cc1.Cl. The van der Waals surface area contributed by atoms with Gasteiger partial charge < -0.3 is 25.4 Å². The zero-order chi connectivity index (χ0) is 16.7. The maximum absolute atomic E-state index is 12.0. The Labute approximate surface area is 147 Å². The van der Waals surface area contributed by atoms with Gasteiger partial charge in [0.2, 0.25) is 11.8 Å². The van der Waals surface area contributed by atoms with Crippen LogP contribution < -0.4 is 20.7 Å². The van der Waals surface area contributed by atoms with Crippen molar-refractivity contribution in [2.45, 2.75) is 25.6 Å². The second-order valence-electron chi connectivity index (χ2n) is 5.35. The van der Waals surface area contributed by atoms with Crippen molar-refractivity contribution < 1.29 is 19.1 Å². The van der Waals surface area contributed by atoms with E-state index in [1.165, 1.54) is 0 Å². The highest BCUT2D eigenvalue weighted by Gasteiger charge is 2.28. The molecule has 1 aliphatic heterocycles. The standard InChI is InChI=1S/C16H23N3O4.ClH/c1-11-15(17-7-8-23-11)16(21)19-10-14(20)18-9-12-3-5-13(22-2)6-4-12;/h3-6,11,15,17H,7-10H2,1-2H3,(H,18,20)(H,19,21);1H/t11-,15+;/m1./s1. The van der Waals surface area contributed by atoms with Crippen molar-refractivity contribution in [1.82, 2.24) is 16.0 Å². The molecule has 7 nitrogen and oxygen atoms in total. The number of benzene rings is 1. The van der Waals surface area contributed by atoms with E-state index in [2.05, 4.69) is 16.0 Å². The Morgan fingerprint density at radius 2 is 2.00 bits per heavy atom. The van der Waals surface area contributed by atoms with Gasteiger partial charge in [0.1, 0.15) is 11.8 Å². The van der Waals surface area contributed by atoms with Crippen molar-refractivity contribution in [2.75, 3.05) is 26.8 Å². The third-order valence-corrected chi connectivity index (χ3v) is 3.67. The molecule has 2 atom stereocenters. The summed E-state index contributed by atoms with van der Waals surface area (Å²) < 4.78 is 10.5. The minimum Gasteiger partial charge on any atom is -0.497 e. The van der Waals surface area contributed by atoms with Crippen molar-refractivity contribution in [3.63, 3.8) is 0 Å². The van der Waals surface area contributed by atoms with Crippen molar-refractivity contribution >= 4 is 24.2 Å². The second kappa shape index (κ2) is 10.1. The van der Waals surface area contributed by atoms with Gasteiger partial charge in [-0.25, -0.2) is 0 Å². The molecule has 0 aromatic heterocycles. The van der Waals surface area contributed by atoms with E-state index in [0.29, 0.717) is 19.7 Å². The van der Waals surface area contributed by atoms with E-state index in [-0.39, 0.29) is 36.9 Å². The summed E-state index contributed by atoms with van der Waals surface area (Å²) in [4.78, 5) is 23.8. The Balaban J connectivity index is 0.00000288. The molecule has 0 unspecified atom stereocenters. The van der Waals surface area contributed by atoms with Gasteiger partial charge in [-0.1, -0.05) is 12.1 Å². The van der Waals surface area contributed by atoms with Crippen LogP contribution in [0.25, 0.3) is 0 Å². The van der Waals surface area contributed by atoms with E-state index < -0.39 is 6.04 Å². The van der Waals surface area contributed by atoms with E-state index in [9.17, 15) is 9.59 Å². The van der Waals surface area contributed by atoms with E-state index >= 15 is 0 Å². The van der Waals surface area contributed by atoms with Gasteiger partial charge in [0.05, 0.1) is 26.4 Å². The predicted molar refractivity (Wildman–Crippen MR) is 92.3 cm³/mol. The Hall–Kier alpha value is -1.83. The molecule has 1 aliphatic rings.